The highest BCUT2D eigenvalue weighted by Gasteiger charge is 2.23. The number of anilines is 2. The summed E-state index contributed by atoms with van der Waals surface area (Å²) < 4.78 is 0. The smallest absolute Gasteiger partial charge is 0.244 e. The molecule has 2 saturated heterocycles. The van der Waals surface area contributed by atoms with Crippen molar-refractivity contribution in [1.29, 1.82) is 0 Å². The molecule has 22 heavy (non-hydrogen) atoms. The monoisotopic (exact) mass is 319 g/mol. The van der Waals surface area contributed by atoms with Crippen LogP contribution in [0.15, 0.2) is 24.3 Å². The van der Waals surface area contributed by atoms with Crippen LogP contribution in [-0.2, 0) is 9.59 Å². The zero-order chi connectivity index (χ0) is 15.4. The molecular weight excluding hydrogens is 298 g/mol. The minimum Gasteiger partial charge on any atom is -0.370 e. The molecule has 118 valence electrons. The summed E-state index contributed by atoms with van der Waals surface area (Å²) in [5, 5.41) is 2.97. The molecular formula is C16H21N3O2S. The van der Waals surface area contributed by atoms with E-state index in [1.54, 1.807) is 16.7 Å². The highest BCUT2D eigenvalue weighted by atomic mass is 32.2. The van der Waals surface area contributed by atoms with Gasteiger partial charge in [-0.05, 0) is 31.4 Å². The van der Waals surface area contributed by atoms with Crippen molar-refractivity contribution in [3.8, 4) is 0 Å². The van der Waals surface area contributed by atoms with E-state index in [4.69, 9.17) is 0 Å². The molecule has 0 spiro atoms. The summed E-state index contributed by atoms with van der Waals surface area (Å²) in [6.45, 7) is 2.21. The Morgan fingerprint density at radius 1 is 1.18 bits per heavy atom. The van der Waals surface area contributed by atoms with E-state index in [1.165, 1.54) is 19.3 Å². The van der Waals surface area contributed by atoms with E-state index in [-0.39, 0.29) is 18.4 Å². The Balaban J connectivity index is 1.66. The van der Waals surface area contributed by atoms with E-state index in [0.29, 0.717) is 11.6 Å². The van der Waals surface area contributed by atoms with Gasteiger partial charge in [-0.25, -0.2) is 0 Å². The van der Waals surface area contributed by atoms with Gasteiger partial charge in [-0.3, -0.25) is 9.59 Å². The lowest BCUT2D eigenvalue weighted by Gasteiger charge is -2.30. The maximum absolute atomic E-state index is 12.2. The first-order chi connectivity index (χ1) is 10.7. The molecule has 2 fully saturated rings. The SMILES string of the molecule is O=C(CN1CSCC1=O)Nc1ccccc1N1CCCCC1. The predicted octanol–water partition coefficient (Wildman–Crippen LogP) is 2.15. The van der Waals surface area contributed by atoms with Gasteiger partial charge in [0.1, 0.15) is 6.54 Å². The van der Waals surface area contributed by atoms with Crippen molar-refractivity contribution >= 4 is 35.0 Å². The van der Waals surface area contributed by atoms with Crippen molar-refractivity contribution in [2.24, 2.45) is 0 Å². The van der Waals surface area contributed by atoms with Crippen LogP contribution < -0.4 is 10.2 Å². The van der Waals surface area contributed by atoms with Gasteiger partial charge in [0.05, 0.1) is 23.0 Å². The first kappa shape index (κ1) is 15.2. The normalized spacial score (nSPS) is 18.6. The third-order valence-electron chi connectivity index (χ3n) is 4.03. The number of benzene rings is 1. The average Bonchev–Trinajstić information content (AvgIpc) is 2.94. The lowest BCUT2D eigenvalue weighted by Crippen LogP contribution is -2.35. The Kier molecular flexibility index (Phi) is 4.87. The summed E-state index contributed by atoms with van der Waals surface area (Å²) in [6.07, 6.45) is 3.67. The predicted molar refractivity (Wildman–Crippen MR) is 90.2 cm³/mol. The number of carbonyl (C=O) groups excluding carboxylic acids is 2. The zero-order valence-corrected chi connectivity index (χ0v) is 13.4. The minimum atomic E-state index is -0.125. The number of nitrogens with zero attached hydrogens (tertiary/aromatic N) is 2. The second-order valence-electron chi connectivity index (χ2n) is 5.68. The van der Waals surface area contributed by atoms with E-state index in [1.807, 2.05) is 18.2 Å². The Morgan fingerprint density at radius 2 is 1.95 bits per heavy atom. The van der Waals surface area contributed by atoms with Gasteiger partial charge < -0.3 is 15.1 Å². The first-order valence-electron chi connectivity index (χ1n) is 7.73. The fourth-order valence-electron chi connectivity index (χ4n) is 2.89. The molecule has 1 aromatic rings. The van der Waals surface area contributed by atoms with Crippen molar-refractivity contribution in [2.75, 3.05) is 41.5 Å². The van der Waals surface area contributed by atoms with Gasteiger partial charge in [0.2, 0.25) is 11.8 Å². The van der Waals surface area contributed by atoms with Gasteiger partial charge in [0, 0.05) is 13.1 Å². The van der Waals surface area contributed by atoms with Crippen LogP contribution >= 0.6 is 11.8 Å². The van der Waals surface area contributed by atoms with Crippen LogP contribution in [0.1, 0.15) is 19.3 Å². The van der Waals surface area contributed by atoms with Gasteiger partial charge in [-0.1, -0.05) is 12.1 Å². The third kappa shape index (κ3) is 3.55. The summed E-state index contributed by atoms with van der Waals surface area (Å²) in [6, 6.07) is 7.92. The zero-order valence-electron chi connectivity index (χ0n) is 12.6. The molecule has 0 bridgehead atoms. The van der Waals surface area contributed by atoms with Gasteiger partial charge in [0.15, 0.2) is 0 Å². The fourth-order valence-corrected chi connectivity index (χ4v) is 3.80. The number of thioether (sulfide) groups is 1. The van der Waals surface area contributed by atoms with Gasteiger partial charge in [-0.2, -0.15) is 0 Å². The van der Waals surface area contributed by atoms with E-state index in [2.05, 4.69) is 16.3 Å². The molecule has 1 aromatic carbocycles. The summed E-state index contributed by atoms with van der Waals surface area (Å²) in [5.74, 6) is 1.02. The molecule has 0 radical (unpaired) electrons. The number of hydrogen-bond acceptors (Lipinski definition) is 4. The number of para-hydroxylation sites is 2. The molecule has 0 aliphatic carbocycles. The summed E-state index contributed by atoms with van der Waals surface area (Å²) >= 11 is 1.55. The minimum absolute atomic E-state index is 0.0458. The molecule has 2 aliphatic heterocycles. The quantitative estimate of drug-likeness (QED) is 0.924. The summed E-state index contributed by atoms with van der Waals surface area (Å²) in [5.41, 5.74) is 1.92. The second-order valence-corrected chi connectivity index (χ2v) is 6.64. The molecule has 0 aromatic heterocycles. The van der Waals surface area contributed by atoms with Crippen molar-refractivity contribution in [3.63, 3.8) is 0 Å². The molecule has 2 heterocycles. The standard InChI is InChI=1S/C16H21N3O2S/c20-15(10-19-12-22-11-16(19)21)17-13-6-2-3-7-14(13)18-8-4-1-5-9-18/h2-3,6-7H,1,4-5,8-12H2,(H,17,20). The van der Waals surface area contributed by atoms with Crippen LogP contribution in [0, 0.1) is 0 Å². The molecule has 2 amide bonds. The number of piperidine rings is 1. The molecule has 0 unspecified atom stereocenters. The number of nitrogens with one attached hydrogen (secondary N) is 1. The van der Waals surface area contributed by atoms with Crippen LogP contribution in [0.25, 0.3) is 0 Å². The van der Waals surface area contributed by atoms with Crippen molar-refractivity contribution in [3.05, 3.63) is 24.3 Å². The Morgan fingerprint density at radius 3 is 2.68 bits per heavy atom. The van der Waals surface area contributed by atoms with Crippen LogP contribution in [-0.4, -0.2) is 48.0 Å². The Labute approximate surface area is 135 Å². The maximum Gasteiger partial charge on any atom is 0.244 e. The number of amides is 2. The van der Waals surface area contributed by atoms with Crippen molar-refractivity contribution in [2.45, 2.75) is 19.3 Å². The van der Waals surface area contributed by atoms with E-state index < -0.39 is 0 Å². The highest BCUT2D eigenvalue weighted by Crippen LogP contribution is 2.28. The summed E-state index contributed by atoms with van der Waals surface area (Å²) in [4.78, 5) is 27.7. The van der Waals surface area contributed by atoms with Gasteiger partial charge in [0.25, 0.3) is 0 Å². The number of rotatable bonds is 4. The van der Waals surface area contributed by atoms with Crippen molar-refractivity contribution < 1.29 is 9.59 Å². The van der Waals surface area contributed by atoms with E-state index in [0.717, 1.165) is 24.5 Å². The largest absolute Gasteiger partial charge is 0.370 e. The van der Waals surface area contributed by atoms with Crippen molar-refractivity contribution in [1.82, 2.24) is 4.90 Å². The van der Waals surface area contributed by atoms with Gasteiger partial charge in [-0.15, -0.1) is 11.8 Å². The van der Waals surface area contributed by atoms with E-state index >= 15 is 0 Å². The third-order valence-corrected chi connectivity index (χ3v) is 4.98. The number of hydrogen-bond donors (Lipinski definition) is 1. The molecule has 5 nitrogen and oxygen atoms in total. The fraction of sp³-hybridized carbons (Fsp3) is 0.500. The van der Waals surface area contributed by atoms with Crippen LogP contribution in [0.5, 0.6) is 0 Å². The Hall–Kier alpha value is -1.69. The highest BCUT2D eigenvalue weighted by molar-refractivity contribution is 8.00. The Bertz CT molecular complexity index is 558. The lowest BCUT2D eigenvalue weighted by molar-refractivity contribution is -0.130. The van der Waals surface area contributed by atoms with E-state index in [9.17, 15) is 9.59 Å². The van der Waals surface area contributed by atoms with Gasteiger partial charge >= 0.3 is 0 Å². The molecule has 3 rings (SSSR count). The molecule has 0 saturated carbocycles. The molecule has 2 aliphatic rings. The molecule has 0 atom stereocenters. The lowest BCUT2D eigenvalue weighted by atomic mass is 10.1. The van der Waals surface area contributed by atoms with Crippen LogP contribution in [0.3, 0.4) is 0 Å². The maximum atomic E-state index is 12.2. The molecule has 6 heteroatoms. The topological polar surface area (TPSA) is 52.7 Å². The summed E-state index contributed by atoms with van der Waals surface area (Å²) in [7, 11) is 0. The molecule has 1 N–H and O–H groups in total. The number of carbonyl (C=O) groups is 2. The average molecular weight is 319 g/mol. The first-order valence-corrected chi connectivity index (χ1v) is 8.89. The second kappa shape index (κ2) is 7.05. The van der Waals surface area contributed by atoms with Crippen LogP contribution in [0.2, 0.25) is 0 Å². The van der Waals surface area contributed by atoms with Crippen LogP contribution in [0.4, 0.5) is 11.4 Å².